The summed E-state index contributed by atoms with van der Waals surface area (Å²) >= 11 is 0. The highest BCUT2D eigenvalue weighted by Gasteiger charge is 2.08. The monoisotopic (exact) mass is 274 g/mol. The Kier molecular flexibility index (Phi) is 4.69. The Morgan fingerprint density at radius 1 is 1.25 bits per heavy atom. The molecule has 2 aromatic rings. The summed E-state index contributed by atoms with van der Waals surface area (Å²) in [7, 11) is 0. The molecule has 0 fully saturated rings. The lowest BCUT2D eigenvalue weighted by Gasteiger charge is -2.14. The van der Waals surface area contributed by atoms with Crippen LogP contribution in [0.15, 0.2) is 36.7 Å². The van der Waals surface area contributed by atoms with Crippen LogP contribution in [0.1, 0.15) is 25.0 Å². The lowest BCUT2D eigenvalue weighted by atomic mass is 10.2. The molecule has 0 bridgehead atoms. The quantitative estimate of drug-likeness (QED) is 0.900. The first-order valence-corrected chi connectivity index (χ1v) is 6.66. The van der Waals surface area contributed by atoms with Crippen LogP contribution in [0.5, 0.6) is 11.5 Å². The van der Waals surface area contributed by atoms with Gasteiger partial charge in [0.05, 0.1) is 6.20 Å². The highest BCUT2D eigenvalue weighted by atomic mass is 19.1. The number of halogens is 1. The summed E-state index contributed by atoms with van der Waals surface area (Å²) in [6, 6.07) is 6.80. The number of nitrogens with zero attached hydrogens (tertiary/aromatic N) is 1. The zero-order valence-electron chi connectivity index (χ0n) is 12.0. The van der Waals surface area contributed by atoms with Gasteiger partial charge >= 0.3 is 0 Å². The number of hydrogen-bond acceptors (Lipinski definition) is 3. The third kappa shape index (κ3) is 3.78. The van der Waals surface area contributed by atoms with Gasteiger partial charge in [-0.05, 0) is 36.8 Å². The molecule has 1 N–H and O–H groups in total. The predicted octanol–water partition coefficient (Wildman–Crippen LogP) is 3.82. The summed E-state index contributed by atoms with van der Waals surface area (Å²) in [5.74, 6) is 1.07. The van der Waals surface area contributed by atoms with Gasteiger partial charge in [-0.15, -0.1) is 0 Å². The minimum absolute atomic E-state index is 0.261. The lowest BCUT2D eigenvalue weighted by Crippen LogP contribution is -2.22. The van der Waals surface area contributed by atoms with Gasteiger partial charge in [-0.1, -0.05) is 13.8 Å². The van der Waals surface area contributed by atoms with Crippen LogP contribution in [0.3, 0.4) is 0 Å². The number of nitrogens with one attached hydrogen (secondary N) is 1. The van der Waals surface area contributed by atoms with E-state index in [1.54, 1.807) is 18.5 Å². The van der Waals surface area contributed by atoms with Crippen LogP contribution < -0.4 is 10.1 Å². The van der Waals surface area contributed by atoms with Crippen molar-refractivity contribution >= 4 is 0 Å². The summed E-state index contributed by atoms with van der Waals surface area (Å²) in [5.41, 5.74) is 1.79. The maximum absolute atomic E-state index is 13.1. The molecule has 1 heterocycles. The van der Waals surface area contributed by atoms with Crippen molar-refractivity contribution in [1.82, 2.24) is 10.3 Å². The molecule has 0 saturated heterocycles. The molecule has 0 amide bonds. The third-order valence-corrected chi connectivity index (χ3v) is 2.93. The topological polar surface area (TPSA) is 34.1 Å². The van der Waals surface area contributed by atoms with Gasteiger partial charge in [0.1, 0.15) is 17.3 Å². The zero-order valence-corrected chi connectivity index (χ0v) is 12.0. The predicted molar refractivity (Wildman–Crippen MR) is 77.4 cm³/mol. The van der Waals surface area contributed by atoms with Gasteiger partial charge in [0.25, 0.3) is 0 Å². The molecule has 2 rings (SSSR count). The van der Waals surface area contributed by atoms with E-state index >= 15 is 0 Å². The first-order chi connectivity index (χ1) is 9.56. The molecular weight excluding hydrogens is 255 g/mol. The smallest absolute Gasteiger partial charge is 0.150 e. The number of rotatable bonds is 5. The maximum Gasteiger partial charge on any atom is 0.150 e. The van der Waals surface area contributed by atoms with Crippen LogP contribution in [0.25, 0.3) is 0 Å². The molecule has 0 aliphatic rings. The molecule has 0 aliphatic carbocycles. The average Bonchev–Trinajstić information content (AvgIpc) is 2.41. The molecule has 3 nitrogen and oxygen atoms in total. The van der Waals surface area contributed by atoms with E-state index in [0.29, 0.717) is 24.1 Å². The molecule has 20 heavy (non-hydrogen) atoms. The molecular formula is C16H19FN2O. The highest BCUT2D eigenvalue weighted by Crippen LogP contribution is 2.27. The van der Waals surface area contributed by atoms with Gasteiger partial charge in [0.2, 0.25) is 0 Å². The Labute approximate surface area is 118 Å². The Hall–Kier alpha value is -1.94. The van der Waals surface area contributed by atoms with E-state index < -0.39 is 0 Å². The van der Waals surface area contributed by atoms with E-state index in [-0.39, 0.29) is 5.82 Å². The molecule has 0 atom stereocenters. The fourth-order valence-corrected chi connectivity index (χ4v) is 1.81. The van der Waals surface area contributed by atoms with Crippen molar-refractivity contribution in [3.63, 3.8) is 0 Å². The van der Waals surface area contributed by atoms with Crippen molar-refractivity contribution < 1.29 is 9.13 Å². The van der Waals surface area contributed by atoms with E-state index in [4.69, 9.17) is 4.74 Å². The van der Waals surface area contributed by atoms with Crippen LogP contribution in [-0.4, -0.2) is 11.0 Å². The lowest BCUT2D eigenvalue weighted by molar-refractivity contribution is 0.462. The first kappa shape index (κ1) is 14.5. The normalized spacial score (nSPS) is 10.8. The number of ether oxygens (including phenoxy) is 1. The number of aromatic nitrogens is 1. The number of aryl methyl sites for hydroxylation is 1. The molecule has 0 spiro atoms. The molecule has 0 radical (unpaired) electrons. The summed E-state index contributed by atoms with van der Waals surface area (Å²) in [5, 5.41) is 3.34. The van der Waals surface area contributed by atoms with Gasteiger partial charge in [-0.25, -0.2) is 4.39 Å². The average molecular weight is 274 g/mol. The van der Waals surface area contributed by atoms with Crippen molar-refractivity contribution in [2.24, 2.45) is 0 Å². The molecule has 4 heteroatoms. The summed E-state index contributed by atoms with van der Waals surface area (Å²) in [6.07, 6.45) is 3.42. The number of hydrogen-bond donors (Lipinski definition) is 1. The van der Waals surface area contributed by atoms with Crippen molar-refractivity contribution in [3.8, 4) is 11.5 Å². The Bertz CT molecular complexity index is 584. The SMILES string of the molecule is Cc1cc(F)ccc1Oc1cnccc1CNC(C)C. The Morgan fingerprint density at radius 2 is 2.05 bits per heavy atom. The van der Waals surface area contributed by atoms with Gasteiger partial charge < -0.3 is 10.1 Å². The van der Waals surface area contributed by atoms with E-state index in [0.717, 1.165) is 11.1 Å². The second-order valence-corrected chi connectivity index (χ2v) is 5.03. The molecule has 1 aromatic heterocycles. The molecule has 0 aliphatic heterocycles. The van der Waals surface area contributed by atoms with Gasteiger partial charge in [0.15, 0.2) is 0 Å². The Morgan fingerprint density at radius 3 is 2.75 bits per heavy atom. The molecule has 1 aromatic carbocycles. The second-order valence-electron chi connectivity index (χ2n) is 5.03. The fraction of sp³-hybridized carbons (Fsp3) is 0.312. The molecule has 106 valence electrons. The van der Waals surface area contributed by atoms with Crippen LogP contribution >= 0.6 is 0 Å². The number of pyridine rings is 1. The minimum atomic E-state index is -0.261. The van der Waals surface area contributed by atoms with Crippen molar-refractivity contribution in [1.29, 1.82) is 0 Å². The standard InChI is InChI=1S/C16H19FN2O/c1-11(2)19-9-13-6-7-18-10-16(13)20-15-5-4-14(17)8-12(15)3/h4-8,10-11,19H,9H2,1-3H3. The van der Waals surface area contributed by atoms with Crippen molar-refractivity contribution in [2.75, 3.05) is 0 Å². The fourth-order valence-electron chi connectivity index (χ4n) is 1.81. The van der Waals surface area contributed by atoms with Gasteiger partial charge in [-0.2, -0.15) is 0 Å². The van der Waals surface area contributed by atoms with E-state index in [1.807, 2.05) is 13.0 Å². The Balaban J connectivity index is 2.20. The summed E-state index contributed by atoms with van der Waals surface area (Å²) in [6.45, 7) is 6.70. The molecule has 0 saturated carbocycles. The van der Waals surface area contributed by atoms with Gasteiger partial charge in [-0.3, -0.25) is 4.98 Å². The van der Waals surface area contributed by atoms with E-state index in [1.165, 1.54) is 12.1 Å². The third-order valence-electron chi connectivity index (χ3n) is 2.93. The summed E-state index contributed by atoms with van der Waals surface area (Å²) in [4.78, 5) is 4.09. The minimum Gasteiger partial charge on any atom is -0.455 e. The highest BCUT2D eigenvalue weighted by molar-refractivity contribution is 5.39. The van der Waals surface area contributed by atoms with E-state index in [2.05, 4.69) is 24.1 Å². The summed E-state index contributed by atoms with van der Waals surface area (Å²) < 4.78 is 19.0. The maximum atomic E-state index is 13.1. The second kappa shape index (κ2) is 6.48. The van der Waals surface area contributed by atoms with Crippen LogP contribution in [-0.2, 0) is 6.54 Å². The first-order valence-electron chi connectivity index (χ1n) is 6.66. The van der Waals surface area contributed by atoms with E-state index in [9.17, 15) is 4.39 Å². The zero-order chi connectivity index (χ0) is 14.5. The van der Waals surface area contributed by atoms with Crippen LogP contribution in [0.4, 0.5) is 4.39 Å². The van der Waals surface area contributed by atoms with Crippen molar-refractivity contribution in [2.45, 2.75) is 33.4 Å². The van der Waals surface area contributed by atoms with Gasteiger partial charge in [0, 0.05) is 24.3 Å². The van der Waals surface area contributed by atoms with Crippen molar-refractivity contribution in [3.05, 3.63) is 53.6 Å². The largest absolute Gasteiger partial charge is 0.455 e. The van der Waals surface area contributed by atoms with Crippen LogP contribution in [0.2, 0.25) is 0 Å². The molecule has 0 unspecified atom stereocenters. The van der Waals surface area contributed by atoms with Crippen LogP contribution in [0, 0.1) is 12.7 Å². The number of benzene rings is 1.